The number of nitrogens with one attached hydrogen (secondary N) is 2. The SMILES string of the molecule is O=C(NCc1ccc2c(c1)OCCCO2)C(=O)c1c[nH]c2ccccc12. The second-order valence-electron chi connectivity index (χ2n) is 6.09. The Balaban J connectivity index is 1.45. The molecule has 2 heterocycles. The van der Waals surface area contributed by atoms with Gasteiger partial charge in [-0.2, -0.15) is 0 Å². The summed E-state index contributed by atoms with van der Waals surface area (Å²) in [7, 11) is 0. The van der Waals surface area contributed by atoms with Gasteiger partial charge in [-0.3, -0.25) is 9.59 Å². The summed E-state index contributed by atoms with van der Waals surface area (Å²) in [4.78, 5) is 27.7. The van der Waals surface area contributed by atoms with Crippen LogP contribution in [0.5, 0.6) is 11.5 Å². The second kappa shape index (κ2) is 6.92. The largest absolute Gasteiger partial charge is 0.490 e. The molecule has 1 aliphatic rings. The molecule has 0 unspecified atom stereocenters. The minimum atomic E-state index is -0.637. The summed E-state index contributed by atoms with van der Waals surface area (Å²) in [6.07, 6.45) is 2.40. The Bertz CT molecular complexity index is 977. The van der Waals surface area contributed by atoms with Gasteiger partial charge >= 0.3 is 0 Å². The lowest BCUT2D eigenvalue weighted by Gasteiger charge is -2.10. The predicted molar refractivity (Wildman–Crippen MR) is 96.5 cm³/mol. The summed E-state index contributed by atoms with van der Waals surface area (Å²) in [6, 6.07) is 12.9. The van der Waals surface area contributed by atoms with E-state index < -0.39 is 11.7 Å². The van der Waals surface area contributed by atoms with E-state index in [1.165, 1.54) is 0 Å². The predicted octanol–water partition coefficient (Wildman–Crippen LogP) is 2.83. The molecular weight excluding hydrogens is 332 g/mol. The van der Waals surface area contributed by atoms with Gasteiger partial charge < -0.3 is 19.8 Å². The van der Waals surface area contributed by atoms with Gasteiger partial charge in [-0.25, -0.2) is 0 Å². The number of aromatic nitrogens is 1. The monoisotopic (exact) mass is 350 g/mol. The lowest BCUT2D eigenvalue weighted by atomic mass is 10.1. The third-order valence-electron chi connectivity index (χ3n) is 4.31. The Morgan fingerprint density at radius 1 is 1.04 bits per heavy atom. The van der Waals surface area contributed by atoms with E-state index in [-0.39, 0.29) is 6.54 Å². The molecule has 0 saturated heterocycles. The van der Waals surface area contributed by atoms with Crippen molar-refractivity contribution in [1.82, 2.24) is 10.3 Å². The minimum absolute atomic E-state index is 0.240. The van der Waals surface area contributed by atoms with Crippen LogP contribution in [0.4, 0.5) is 0 Å². The molecule has 132 valence electrons. The zero-order chi connectivity index (χ0) is 17.9. The van der Waals surface area contributed by atoms with Gasteiger partial charge in [-0.15, -0.1) is 0 Å². The van der Waals surface area contributed by atoms with Gasteiger partial charge in [0.05, 0.1) is 18.8 Å². The van der Waals surface area contributed by atoms with Crippen molar-refractivity contribution in [3.05, 3.63) is 59.8 Å². The Kier molecular flexibility index (Phi) is 4.31. The summed E-state index contributed by atoms with van der Waals surface area (Å²) in [6.45, 7) is 1.47. The topological polar surface area (TPSA) is 80.4 Å². The summed E-state index contributed by atoms with van der Waals surface area (Å²) < 4.78 is 11.2. The average molecular weight is 350 g/mol. The van der Waals surface area contributed by atoms with E-state index in [9.17, 15) is 9.59 Å². The number of para-hydroxylation sites is 1. The van der Waals surface area contributed by atoms with Gasteiger partial charge in [0.25, 0.3) is 11.7 Å². The fraction of sp³-hybridized carbons (Fsp3) is 0.200. The Morgan fingerprint density at radius 2 is 1.85 bits per heavy atom. The number of ketones is 1. The Hall–Kier alpha value is -3.28. The quantitative estimate of drug-likeness (QED) is 0.560. The fourth-order valence-electron chi connectivity index (χ4n) is 2.96. The van der Waals surface area contributed by atoms with Crippen LogP contribution in [0.1, 0.15) is 22.3 Å². The van der Waals surface area contributed by atoms with Crippen molar-refractivity contribution >= 4 is 22.6 Å². The van der Waals surface area contributed by atoms with E-state index in [0.29, 0.717) is 30.3 Å². The lowest BCUT2D eigenvalue weighted by molar-refractivity contribution is -0.117. The van der Waals surface area contributed by atoms with Crippen molar-refractivity contribution in [2.75, 3.05) is 13.2 Å². The zero-order valence-electron chi connectivity index (χ0n) is 14.1. The molecule has 6 heteroatoms. The summed E-state index contributed by atoms with van der Waals surface area (Å²) in [5.41, 5.74) is 2.04. The number of benzene rings is 2. The van der Waals surface area contributed by atoms with Crippen LogP contribution in [0.15, 0.2) is 48.7 Å². The highest BCUT2D eigenvalue weighted by atomic mass is 16.5. The van der Waals surface area contributed by atoms with E-state index >= 15 is 0 Å². The van der Waals surface area contributed by atoms with Crippen molar-refractivity contribution in [3.8, 4) is 11.5 Å². The standard InChI is InChI=1S/C20H18N2O4/c23-19(15-12-21-16-5-2-1-4-14(15)16)20(24)22-11-13-6-7-17-18(10-13)26-9-3-8-25-17/h1-2,4-7,10,12,21H,3,8-9,11H2,(H,22,24). The first-order valence-corrected chi connectivity index (χ1v) is 8.49. The van der Waals surface area contributed by atoms with Crippen LogP contribution in [-0.2, 0) is 11.3 Å². The highest BCUT2D eigenvalue weighted by Crippen LogP contribution is 2.30. The maximum Gasteiger partial charge on any atom is 0.292 e. The van der Waals surface area contributed by atoms with Crippen LogP contribution in [0.25, 0.3) is 10.9 Å². The molecule has 1 amide bonds. The maximum atomic E-state index is 12.4. The smallest absolute Gasteiger partial charge is 0.292 e. The Morgan fingerprint density at radius 3 is 2.73 bits per heavy atom. The number of carbonyl (C=O) groups is 2. The minimum Gasteiger partial charge on any atom is -0.490 e. The molecule has 0 bridgehead atoms. The number of ether oxygens (including phenoxy) is 2. The number of H-pyrrole nitrogens is 1. The number of hydrogen-bond acceptors (Lipinski definition) is 4. The van der Waals surface area contributed by atoms with E-state index in [1.807, 2.05) is 42.5 Å². The zero-order valence-corrected chi connectivity index (χ0v) is 14.1. The Labute approximate surface area is 150 Å². The molecule has 2 aromatic carbocycles. The van der Waals surface area contributed by atoms with Gasteiger partial charge in [-0.1, -0.05) is 24.3 Å². The summed E-state index contributed by atoms with van der Waals surface area (Å²) in [5.74, 6) is 0.170. The molecule has 4 rings (SSSR count). The van der Waals surface area contributed by atoms with Crippen molar-refractivity contribution in [3.63, 3.8) is 0 Å². The van der Waals surface area contributed by atoms with Gasteiger partial charge in [0.15, 0.2) is 11.5 Å². The number of aromatic amines is 1. The third kappa shape index (κ3) is 3.13. The maximum absolute atomic E-state index is 12.4. The first-order valence-electron chi connectivity index (χ1n) is 8.49. The summed E-state index contributed by atoms with van der Waals surface area (Å²) in [5, 5.41) is 3.41. The van der Waals surface area contributed by atoms with Gasteiger partial charge in [0, 0.05) is 30.1 Å². The normalized spacial score (nSPS) is 13.2. The van der Waals surface area contributed by atoms with Crippen LogP contribution >= 0.6 is 0 Å². The van der Waals surface area contributed by atoms with Crippen molar-refractivity contribution in [2.24, 2.45) is 0 Å². The van der Waals surface area contributed by atoms with E-state index in [2.05, 4.69) is 10.3 Å². The van der Waals surface area contributed by atoms with Gasteiger partial charge in [-0.05, 0) is 23.8 Å². The molecule has 0 radical (unpaired) electrons. The number of rotatable bonds is 4. The van der Waals surface area contributed by atoms with E-state index in [1.54, 1.807) is 6.20 Å². The fourth-order valence-corrected chi connectivity index (χ4v) is 2.96. The molecule has 1 aromatic heterocycles. The van der Waals surface area contributed by atoms with E-state index in [4.69, 9.17) is 9.47 Å². The first kappa shape index (κ1) is 16.2. The molecule has 1 aliphatic heterocycles. The molecule has 0 saturated carbocycles. The van der Waals surface area contributed by atoms with Gasteiger partial charge in [0.1, 0.15) is 0 Å². The van der Waals surface area contributed by atoms with Crippen LogP contribution in [0.2, 0.25) is 0 Å². The number of Topliss-reactive ketones (excluding diaryl/α,β-unsaturated/α-hetero) is 1. The van der Waals surface area contributed by atoms with Crippen LogP contribution in [0.3, 0.4) is 0 Å². The van der Waals surface area contributed by atoms with Gasteiger partial charge in [0.2, 0.25) is 0 Å². The highest BCUT2D eigenvalue weighted by Gasteiger charge is 2.20. The molecule has 2 N–H and O–H groups in total. The molecular formula is C20H18N2O4. The molecule has 26 heavy (non-hydrogen) atoms. The number of carbonyl (C=O) groups excluding carboxylic acids is 2. The molecule has 0 fully saturated rings. The number of hydrogen-bond donors (Lipinski definition) is 2. The van der Waals surface area contributed by atoms with Crippen molar-refractivity contribution in [1.29, 1.82) is 0 Å². The second-order valence-corrected chi connectivity index (χ2v) is 6.09. The molecule has 0 aliphatic carbocycles. The molecule has 6 nitrogen and oxygen atoms in total. The number of amides is 1. The molecule has 3 aromatic rings. The number of fused-ring (bicyclic) bond motifs is 2. The van der Waals surface area contributed by atoms with Crippen LogP contribution in [0, 0.1) is 0 Å². The van der Waals surface area contributed by atoms with Crippen LogP contribution < -0.4 is 14.8 Å². The lowest BCUT2D eigenvalue weighted by Crippen LogP contribution is -2.30. The first-order chi connectivity index (χ1) is 12.7. The van der Waals surface area contributed by atoms with Crippen LogP contribution in [-0.4, -0.2) is 29.9 Å². The molecule has 0 spiro atoms. The highest BCUT2D eigenvalue weighted by molar-refractivity contribution is 6.44. The van der Waals surface area contributed by atoms with Crippen molar-refractivity contribution in [2.45, 2.75) is 13.0 Å². The molecule has 0 atom stereocenters. The average Bonchev–Trinajstić information content (AvgIpc) is 2.96. The van der Waals surface area contributed by atoms with E-state index in [0.717, 1.165) is 22.9 Å². The van der Waals surface area contributed by atoms with Crippen molar-refractivity contribution < 1.29 is 19.1 Å². The summed E-state index contributed by atoms with van der Waals surface area (Å²) >= 11 is 0. The third-order valence-corrected chi connectivity index (χ3v) is 4.31.